The molecule has 1 fully saturated rings. The van der Waals surface area contributed by atoms with E-state index in [9.17, 15) is 8.78 Å². The maximum atomic E-state index is 14.6. The molecular weight excluding hydrogens is 310 g/mol. The van der Waals surface area contributed by atoms with E-state index in [1.54, 1.807) is 0 Å². The Morgan fingerprint density at radius 3 is 2.13 bits per heavy atom. The fraction of sp³-hybridized carbons (Fsp3) is 0.200. The van der Waals surface area contributed by atoms with Gasteiger partial charge >= 0.3 is 0 Å². The highest BCUT2D eigenvalue weighted by molar-refractivity contribution is 7.15. The van der Waals surface area contributed by atoms with E-state index in [1.165, 1.54) is 41.2 Å². The molecule has 1 saturated carbocycles. The first-order valence-corrected chi connectivity index (χ1v) is 8.59. The van der Waals surface area contributed by atoms with Crippen LogP contribution in [0.4, 0.5) is 8.78 Å². The number of thiophene rings is 1. The Morgan fingerprint density at radius 2 is 1.52 bits per heavy atom. The molecule has 1 aliphatic carbocycles. The Bertz CT molecular complexity index is 835. The maximum Gasteiger partial charge on any atom is 0.135 e. The molecule has 3 heteroatoms. The van der Waals surface area contributed by atoms with Crippen molar-refractivity contribution < 1.29 is 8.78 Å². The van der Waals surface area contributed by atoms with Gasteiger partial charge in [-0.15, -0.1) is 11.3 Å². The average molecular weight is 326 g/mol. The van der Waals surface area contributed by atoms with Crippen LogP contribution in [-0.2, 0) is 0 Å². The second-order valence-electron chi connectivity index (χ2n) is 6.16. The van der Waals surface area contributed by atoms with Gasteiger partial charge in [-0.25, -0.2) is 8.78 Å². The Kier molecular flexibility index (Phi) is 3.53. The van der Waals surface area contributed by atoms with Gasteiger partial charge in [0.1, 0.15) is 11.6 Å². The van der Waals surface area contributed by atoms with E-state index in [1.807, 2.05) is 43.3 Å². The smallest absolute Gasteiger partial charge is 0.135 e. The molecule has 23 heavy (non-hydrogen) atoms. The minimum Gasteiger partial charge on any atom is -0.206 e. The highest BCUT2D eigenvalue weighted by Crippen LogP contribution is 2.45. The molecule has 0 amide bonds. The summed E-state index contributed by atoms with van der Waals surface area (Å²) >= 11 is 1.51. The third kappa shape index (κ3) is 2.81. The monoisotopic (exact) mass is 326 g/mol. The van der Waals surface area contributed by atoms with Gasteiger partial charge in [0, 0.05) is 9.75 Å². The molecule has 1 aromatic heterocycles. The molecule has 1 heterocycles. The largest absolute Gasteiger partial charge is 0.206 e. The van der Waals surface area contributed by atoms with E-state index in [-0.39, 0.29) is 5.56 Å². The van der Waals surface area contributed by atoms with E-state index in [2.05, 4.69) is 0 Å². The van der Waals surface area contributed by atoms with Crippen LogP contribution in [-0.4, -0.2) is 0 Å². The first kappa shape index (κ1) is 14.6. The predicted octanol–water partition coefficient (Wildman–Crippen LogP) is 6.55. The topological polar surface area (TPSA) is 0 Å². The van der Waals surface area contributed by atoms with Gasteiger partial charge in [0.15, 0.2) is 0 Å². The Morgan fingerprint density at radius 1 is 0.870 bits per heavy atom. The van der Waals surface area contributed by atoms with E-state index in [4.69, 9.17) is 0 Å². The van der Waals surface area contributed by atoms with Gasteiger partial charge in [0.25, 0.3) is 0 Å². The summed E-state index contributed by atoms with van der Waals surface area (Å²) in [7, 11) is 0. The Hall–Kier alpha value is -2.00. The summed E-state index contributed by atoms with van der Waals surface area (Å²) in [6.45, 7) is 1.99. The summed E-state index contributed by atoms with van der Waals surface area (Å²) in [5.74, 6) is -0.388. The number of aryl methyl sites for hydroxylation is 1. The lowest BCUT2D eigenvalue weighted by molar-refractivity contribution is 0.591. The molecule has 0 radical (unpaired) electrons. The van der Waals surface area contributed by atoms with Crippen molar-refractivity contribution in [2.24, 2.45) is 0 Å². The van der Waals surface area contributed by atoms with Gasteiger partial charge in [-0.05, 0) is 61.1 Å². The van der Waals surface area contributed by atoms with Crippen molar-refractivity contribution in [3.05, 3.63) is 70.6 Å². The van der Waals surface area contributed by atoms with Crippen molar-refractivity contribution in [3.8, 4) is 21.6 Å². The van der Waals surface area contributed by atoms with Crippen molar-refractivity contribution >= 4 is 11.3 Å². The number of hydrogen-bond donors (Lipinski definition) is 0. The van der Waals surface area contributed by atoms with Crippen LogP contribution in [0.1, 0.15) is 29.2 Å². The van der Waals surface area contributed by atoms with Gasteiger partial charge in [0.05, 0.1) is 5.56 Å². The van der Waals surface area contributed by atoms with Crippen LogP contribution < -0.4 is 0 Å². The lowest BCUT2D eigenvalue weighted by Gasteiger charge is -2.08. The lowest BCUT2D eigenvalue weighted by Crippen LogP contribution is -1.91. The van der Waals surface area contributed by atoms with Crippen molar-refractivity contribution in [1.29, 1.82) is 0 Å². The molecule has 2 aromatic carbocycles. The highest BCUT2D eigenvalue weighted by Gasteiger charge is 2.26. The van der Waals surface area contributed by atoms with Gasteiger partial charge in [0.2, 0.25) is 0 Å². The standard InChI is InChI=1S/C20H16F2S/c1-12-2-4-13(5-3-12)15-10-16(21)20(17(22)11-15)19-9-8-18(23-19)14-6-7-14/h2-5,8-11,14H,6-7H2,1H3. The van der Waals surface area contributed by atoms with Crippen LogP contribution in [0, 0.1) is 18.6 Å². The summed E-state index contributed by atoms with van der Waals surface area (Å²) < 4.78 is 29.1. The van der Waals surface area contributed by atoms with Gasteiger partial charge in [-0.3, -0.25) is 0 Å². The molecular formula is C20H16F2S. The highest BCUT2D eigenvalue weighted by atomic mass is 32.1. The van der Waals surface area contributed by atoms with Gasteiger partial charge < -0.3 is 0 Å². The van der Waals surface area contributed by atoms with Crippen molar-refractivity contribution in [3.63, 3.8) is 0 Å². The second kappa shape index (κ2) is 5.57. The lowest BCUT2D eigenvalue weighted by atomic mass is 10.0. The van der Waals surface area contributed by atoms with Crippen LogP contribution in [0.25, 0.3) is 21.6 Å². The van der Waals surface area contributed by atoms with Crippen molar-refractivity contribution in [1.82, 2.24) is 0 Å². The molecule has 0 saturated heterocycles. The SMILES string of the molecule is Cc1ccc(-c2cc(F)c(-c3ccc(C4CC4)s3)c(F)c2)cc1. The van der Waals surface area contributed by atoms with Crippen LogP contribution in [0.5, 0.6) is 0 Å². The van der Waals surface area contributed by atoms with Gasteiger partial charge in [-0.1, -0.05) is 29.8 Å². The normalized spacial score (nSPS) is 14.2. The minimum atomic E-state index is -0.496. The fourth-order valence-electron chi connectivity index (χ4n) is 2.80. The molecule has 0 aliphatic heterocycles. The third-order valence-corrected chi connectivity index (χ3v) is 5.55. The number of benzene rings is 2. The zero-order chi connectivity index (χ0) is 16.0. The van der Waals surface area contributed by atoms with Crippen LogP contribution in [0.15, 0.2) is 48.5 Å². The van der Waals surface area contributed by atoms with E-state index < -0.39 is 11.6 Å². The second-order valence-corrected chi connectivity index (χ2v) is 7.27. The first-order chi connectivity index (χ1) is 11.1. The van der Waals surface area contributed by atoms with Crippen molar-refractivity contribution in [2.45, 2.75) is 25.7 Å². The third-order valence-electron chi connectivity index (χ3n) is 4.28. The van der Waals surface area contributed by atoms with Gasteiger partial charge in [-0.2, -0.15) is 0 Å². The number of rotatable bonds is 3. The zero-order valence-corrected chi connectivity index (χ0v) is 13.6. The zero-order valence-electron chi connectivity index (χ0n) is 12.8. The molecule has 3 aromatic rings. The molecule has 0 N–H and O–H groups in total. The Balaban J connectivity index is 1.75. The molecule has 0 unspecified atom stereocenters. The first-order valence-electron chi connectivity index (χ1n) is 7.78. The van der Waals surface area contributed by atoms with E-state index in [0.29, 0.717) is 16.4 Å². The molecule has 4 rings (SSSR count). The molecule has 116 valence electrons. The minimum absolute atomic E-state index is 0.0951. The van der Waals surface area contributed by atoms with Crippen LogP contribution in [0.2, 0.25) is 0 Å². The summed E-state index contributed by atoms with van der Waals surface area (Å²) in [6.07, 6.45) is 2.38. The van der Waals surface area contributed by atoms with E-state index >= 15 is 0 Å². The molecule has 1 aliphatic rings. The summed E-state index contributed by atoms with van der Waals surface area (Å²) in [5, 5.41) is 0. The quantitative estimate of drug-likeness (QED) is 0.512. The average Bonchev–Trinajstić information content (AvgIpc) is 3.26. The molecule has 0 nitrogen and oxygen atoms in total. The number of hydrogen-bond acceptors (Lipinski definition) is 1. The van der Waals surface area contributed by atoms with Crippen LogP contribution in [0.3, 0.4) is 0 Å². The summed E-state index contributed by atoms with van der Waals surface area (Å²) in [4.78, 5) is 1.92. The fourth-order valence-corrected chi connectivity index (χ4v) is 4.02. The maximum absolute atomic E-state index is 14.6. The summed E-state index contributed by atoms with van der Waals surface area (Å²) in [6, 6.07) is 14.4. The molecule has 0 atom stereocenters. The Labute approximate surface area is 138 Å². The van der Waals surface area contributed by atoms with Crippen molar-refractivity contribution in [2.75, 3.05) is 0 Å². The number of halogens is 2. The van der Waals surface area contributed by atoms with Crippen LogP contribution >= 0.6 is 11.3 Å². The predicted molar refractivity (Wildman–Crippen MR) is 91.8 cm³/mol. The van der Waals surface area contributed by atoms with E-state index in [0.717, 1.165) is 11.1 Å². The molecule has 0 spiro atoms. The molecule has 0 bridgehead atoms. The summed E-state index contributed by atoms with van der Waals surface area (Å²) in [5.41, 5.74) is 2.61.